The van der Waals surface area contributed by atoms with Gasteiger partial charge in [-0.1, -0.05) is 0 Å². The van der Waals surface area contributed by atoms with E-state index in [9.17, 15) is 4.39 Å². The molecule has 3 rings (SSSR count). The SMILES string of the molecule is COCCC(N)c1nc2cc(F)ccc2n1C1CC1. The summed E-state index contributed by atoms with van der Waals surface area (Å²) in [6, 6.07) is 5.05. The summed E-state index contributed by atoms with van der Waals surface area (Å²) in [6.45, 7) is 0.601. The Morgan fingerprint density at radius 3 is 3.00 bits per heavy atom. The number of ether oxygens (including phenoxy) is 1. The lowest BCUT2D eigenvalue weighted by Gasteiger charge is -2.13. The van der Waals surface area contributed by atoms with Gasteiger partial charge in [0.2, 0.25) is 0 Å². The fourth-order valence-corrected chi connectivity index (χ4v) is 2.44. The molecule has 1 saturated carbocycles. The van der Waals surface area contributed by atoms with Crippen molar-refractivity contribution >= 4 is 11.0 Å². The summed E-state index contributed by atoms with van der Waals surface area (Å²) in [6.07, 6.45) is 3.01. The maximum absolute atomic E-state index is 13.3. The lowest BCUT2D eigenvalue weighted by atomic mass is 10.2. The van der Waals surface area contributed by atoms with Crippen LogP contribution in [0, 0.1) is 5.82 Å². The number of fused-ring (bicyclic) bond motifs is 1. The van der Waals surface area contributed by atoms with Gasteiger partial charge in [0, 0.05) is 25.8 Å². The second-order valence-electron chi connectivity index (χ2n) is 5.09. The molecule has 0 bridgehead atoms. The molecule has 1 fully saturated rings. The Balaban J connectivity index is 2.04. The van der Waals surface area contributed by atoms with Crippen molar-refractivity contribution in [2.24, 2.45) is 5.73 Å². The van der Waals surface area contributed by atoms with Crippen LogP contribution >= 0.6 is 0 Å². The molecule has 19 heavy (non-hydrogen) atoms. The Kier molecular flexibility index (Phi) is 3.24. The Bertz CT molecular complexity index is 592. The fourth-order valence-electron chi connectivity index (χ4n) is 2.44. The molecule has 1 unspecified atom stereocenters. The normalized spacial score (nSPS) is 17.0. The summed E-state index contributed by atoms with van der Waals surface area (Å²) in [5.74, 6) is 0.588. The molecule has 0 amide bonds. The molecule has 2 aromatic rings. The minimum absolute atomic E-state index is 0.170. The molecule has 1 heterocycles. The molecule has 0 spiro atoms. The molecule has 1 aliphatic carbocycles. The van der Waals surface area contributed by atoms with Crippen molar-refractivity contribution in [3.8, 4) is 0 Å². The number of nitrogens with two attached hydrogens (primary N) is 1. The summed E-state index contributed by atoms with van der Waals surface area (Å²) in [7, 11) is 1.66. The number of aromatic nitrogens is 2. The van der Waals surface area contributed by atoms with Crippen molar-refractivity contribution in [2.75, 3.05) is 13.7 Å². The van der Waals surface area contributed by atoms with E-state index in [2.05, 4.69) is 9.55 Å². The smallest absolute Gasteiger partial charge is 0.127 e. The van der Waals surface area contributed by atoms with Gasteiger partial charge in [-0.15, -0.1) is 0 Å². The average Bonchev–Trinajstić information content (AvgIpc) is 3.16. The van der Waals surface area contributed by atoms with Gasteiger partial charge in [0.05, 0.1) is 17.1 Å². The topological polar surface area (TPSA) is 53.1 Å². The van der Waals surface area contributed by atoms with Crippen LogP contribution in [0.1, 0.15) is 37.2 Å². The highest BCUT2D eigenvalue weighted by Gasteiger charge is 2.30. The third kappa shape index (κ3) is 2.35. The molecule has 0 aliphatic heterocycles. The maximum atomic E-state index is 13.3. The number of hydrogen-bond donors (Lipinski definition) is 1. The lowest BCUT2D eigenvalue weighted by Crippen LogP contribution is -2.18. The van der Waals surface area contributed by atoms with Gasteiger partial charge < -0.3 is 15.0 Å². The second-order valence-corrected chi connectivity index (χ2v) is 5.09. The Hall–Kier alpha value is -1.46. The van der Waals surface area contributed by atoms with Crippen molar-refractivity contribution in [3.05, 3.63) is 29.8 Å². The third-order valence-corrected chi connectivity index (χ3v) is 3.56. The number of nitrogens with zero attached hydrogens (tertiary/aromatic N) is 2. The lowest BCUT2D eigenvalue weighted by molar-refractivity contribution is 0.186. The van der Waals surface area contributed by atoms with E-state index < -0.39 is 0 Å². The van der Waals surface area contributed by atoms with E-state index in [1.807, 2.05) is 0 Å². The molecule has 1 atom stereocenters. The number of rotatable bonds is 5. The third-order valence-electron chi connectivity index (χ3n) is 3.56. The van der Waals surface area contributed by atoms with Crippen LogP contribution in [0.3, 0.4) is 0 Å². The van der Waals surface area contributed by atoms with Crippen molar-refractivity contribution in [3.63, 3.8) is 0 Å². The van der Waals surface area contributed by atoms with E-state index >= 15 is 0 Å². The molecule has 5 heteroatoms. The average molecular weight is 263 g/mol. The summed E-state index contributed by atoms with van der Waals surface area (Å²) < 4.78 is 20.5. The van der Waals surface area contributed by atoms with Crippen LogP contribution in [0.2, 0.25) is 0 Å². The van der Waals surface area contributed by atoms with Crippen molar-refractivity contribution < 1.29 is 9.13 Å². The summed E-state index contributed by atoms with van der Waals surface area (Å²) >= 11 is 0. The quantitative estimate of drug-likeness (QED) is 0.902. The molecule has 1 aromatic carbocycles. The van der Waals surface area contributed by atoms with Crippen LogP contribution < -0.4 is 5.73 Å². The van der Waals surface area contributed by atoms with E-state index in [1.54, 1.807) is 13.2 Å². The molecular weight excluding hydrogens is 245 g/mol. The number of imidazole rings is 1. The number of hydrogen-bond acceptors (Lipinski definition) is 3. The van der Waals surface area contributed by atoms with Crippen LogP contribution in [0.25, 0.3) is 11.0 Å². The Labute approximate surface area is 111 Å². The van der Waals surface area contributed by atoms with E-state index in [0.29, 0.717) is 18.2 Å². The summed E-state index contributed by atoms with van der Waals surface area (Å²) in [5, 5.41) is 0. The Morgan fingerprint density at radius 2 is 2.32 bits per heavy atom. The zero-order chi connectivity index (χ0) is 13.4. The van der Waals surface area contributed by atoms with Gasteiger partial charge in [-0.25, -0.2) is 9.37 Å². The minimum Gasteiger partial charge on any atom is -0.385 e. The number of halogens is 1. The maximum Gasteiger partial charge on any atom is 0.127 e. The van der Waals surface area contributed by atoms with Gasteiger partial charge in [0.15, 0.2) is 0 Å². The van der Waals surface area contributed by atoms with Crippen LogP contribution in [-0.2, 0) is 4.74 Å². The van der Waals surface area contributed by atoms with Crippen molar-refractivity contribution in [1.82, 2.24) is 9.55 Å². The zero-order valence-corrected chi connectivity index (χ0v) is 11.0. The highest BCUT2D eigenvalue weighted by Crippen LogP contribution is 2.40. The minimum atomic E-state index is -0.259. The van der Waals surface area contributed by atoms with Gasteiger partial charge in [-0.05, 0) is 31.4 Å². The first-order valence-corrected chi connectivity index (χ1v) is 6.62. The first kappa shape index (κ1) is 12.6. The highest BCUT2D eigenvalue weighted by molar-refractivity contribution is 5.76. The number of benzene rings is 1. The highest BCUT2D eigenvalue weighted by atomic mass is 19.1. The fraction of sp³-hybridized carbons (Fsp3) is 0.500. The van der Waals surface area contributed by atoms with Crippen LogP contribution in [0.5, 0.6) is 0 Å². The van der Waals surface area contributed by atoms with E-state index in [4.69, 9.17) is 10.5 Å². The number of methoxy groups -OCH3 is 1. The van der Waals surface area contributed by atoms with E-state index in [1.165, 1.54) is 12.1 Å². The summed E-state index contributed by atoms with van der Waals surface area (Å²) in [4.78, 5) is 4.53. The first-order chi connectivity index (χ1) is 9.20. The van der Waals surface area contributed by atoms with E-state index in [0.717, 1.165) is 30.6 Å². The molecule has 2 N–H and O–H groups in total. The van der Waals surface area contributed by atoms with Gasteiger partial charge in [0.1, 0.15) is 11.6 Å². The first-order valence-electron chi connectivity index (χ1n) is 6.62. The molecular formula is C14H18FN3O. The predicted octanol–water partition coefficient (Wildman–Crippen LogP) is 2.55. The van der Waals surface area contributed by atoms with Gasteiger partial charge in [0.25, 0.3) is 0 Å². The molecule has 1 aliphatic rings. The molecule has 1 aromatic heterocycles. The largest absolute Gasteiger partial charge is 0.385 e. The predicted molar refractivity (Wildman–Crippen MR) is 71.4 cm³/mol. The van der Waals surface area contributed by atoms with Crippen LogP contribution in [0.15, 0.2) is 18.2 Å². The molecule has 0 radical (unpaired) electrons. The van der Waals surface area contributed by atoms with E-state index in [-0.39, 0.29) is 11.9 Å². The monoisotopic (exact) mass is 263 g/mol. The second kappa shape index (κ2) is 4.90. The van der Waals surface area contributed by atoms with Crippen molar-refractivity contribution in [2.45, 2.75) is 31.3 Å². The standard InChI is InChI=1S/C14H18FN3O/c1-19-7-6-11(16)14-17-12-8-9(15)2-5-13(12)18(14)10-3-4-10/h2,5,8,10-11H,3-4,6-7,16H2,1H3. The van der Waals surface area contributed by atoms with Crippen molar-refractivity contribution in [1.29, 1.82) is 0 Å². The Morgan fingerprint density at radius 1 is 1.53 bits per heavy atom. The molecule has 0 saturated heterocycles. The van der Waals surface area contributed by atoms with Crippen LogP contribution in [-0.4, -0.2) is 23.3 Å². The molecule has 4 nitrogen and oxygen atoms in total. The summed E-state index contributed by atoms with van der Waals surface area (Å²) in [5.41, 5.74) is 7.86. The van der Waals surface area contributed by atoms with Gasteiger partial charge in [-0.2, -0.15) is 0 Å². The zero-order valence-electron chi connectivity index (χ0n) is 11.0. The molecule has 102 valence electrons. The van der Waals surface area contributed by atoms with Crippen LogP contribution in [0.4, 0.5) is 4.39 Å². The van der Waals surface area contributed by atoms with Gasteiger partial charge in [-0.3, -0.25) is 0 Å². The van der Waals surface area contributed by atoms with Gasteiger partial charge >= 0.3 is 0 Å².